The zero-order valence-corrected chi connectivity index (χ0v) is 25.6. The summed E-state index contributed by atoms with van der Waals surface area (Å²) in [5.74, 6) is -2.17. The van der Waals surface area contributed by atoms with Gasteiger partial charge in [-0.1, -0.05) is 0 Å². The number of halogens is 2. The Bertz CT molecular complexity index is 413. The van der Waals surface area contributed by atoms with Crippen LogP contribution in [-0.2, 0) is 42.6 Å². The minimum Gasteiger partial charge on any atom is -0.550 e. The topological polar surface area (TPSA) is 427 Å². The van der Waals surface area contributed by atoms with Crippen LogP contribution in [0, 0.1) is 20.5 Å². The van der Waals surface area contributed by atoms with Gasteiger partial charge in [0.25, 0.3) is 0 Å². The number of nitrogens with two attached hydrogens (primary N) is 6. The maximum absolute atomic E-state index is 8.89. The SMILES string of the molecule is CC(=O)[O-].CC(=O)[O-].NCCN(CCN)CCN.NCCN(CCN)CCN.[Ni+2].[Ni+2].[O-][Cl+3]([O-])([O-])[O-].[O-][Cl+3]([O-])([O-])[O-]. The third-order valence-corrected chi connectivity index (χ3v) is 2.67. The van der Waals surface area contributed by atoms with Crippen LogP contribution in [0.25, 0.3) is 0 Å². The van der Waals surface area contributed by atoms with Crippen molar-refractivity contribution in [2.75, 3.05) is 78.5 Å². The number of carboxylic acids is 2. The van der Waals surface area contributed by atoms with Crippen molar-refractivity contribution in [2.45, 2.75) is 13.8 Å². The van der Waals surface area contributed by atoms with Crippen LogP contribution in [0.5, 0.6) is 0 Å². The molecule has 0 aromatic rings. The fourth-order valence-electron chi connectivity index (χ4n) is 1.77. The predicted octanol–water partition coefficient (Wildman–Crippen LogP) is -15.7. The van der Waals surface area contributed by atoms with Crippen LogP contribution in [0.1, 0.15) is 13.8 Å². The Morgan fingerprint density at radius 1 is 0.475 bits per heavy atom. The first kappa shape index (κ1) is 59.3. The molecule has 0 spiro atoms. The molecular formula is C16H42Cl2N8Ni2O12. The molecule has 0 fully saturated rings. The minimum atomic E-state index is -4.94. The first-order chi connectivity index (χ1) is 17.2. The van der Waals surface area contributed by atoms with Crippen LogP contribution in [0.2, 0.25) is 0 Å². The summed E-state index contributed by atoms with van der Waals surface area (Å²) in [7, 11) is -9.89. The van der Waals surface area contributed by atoms with Crippen LogP contribution in [0.4, 0.5) is 0 Å². The number of hydrogen-bond donors (Lipinski definition) is 6. The number of carboxylic acid groups (broad SMARTS) is 2. The average molecular weight is 727 g/mol. The molecule has 0 rings (SSSR count). The molecule has 0 aliphatic rings. The molecule has 252 valence electrons. The molecule has 0 bridgehead atoms. The molecule has 0 aliphatic heterocycles. The fraction of sp³-hybridized carbons (Fsp3) is 0.875. The van der Waals surface area contributed by atoms with Gasteiger partial charge in [-0.25, -0.2) is 37.3 Å². The largest absolute Gasteiger partial charge is 2.00 e. The van der Waals surface area contributed by atoms with Crippen molar-refractivity contribution in [1.82, 2.24) is 9.80 Å². The zero-order valence-electron chi connectivity index (χ0n) is 22.1. The van der Waals surface area contributed by atoms with E-state index in [2.05, 4.69) is 9.80 Å². The van der Waals surface area contributed by atoms with Gasteiger partial charge >= 0.3 is 33.0 Å². The first-order valence-electron chi connectivity index (χ1n) is 10.4. The third kappa shape index (κ3) is 161. The van der Waals surface area contributed by atoms with E-state index >= 15 is 0 Å². The van der Waals surface area contributed by atoms with Gasteiger partial charge in [-0.3, -0.25) is 9.80 Å². The second-order valence-electron chi connectivity index (χ2n) is 6.15. The molecule has 0 saturated carbocycles. The van der Waals surface area contributed by atoms with Gasteiger partial charge in [-0.2, -0.15) is 0 Å². The van der Waals surface area contributed by atoms with Crippen LogP contribution < -0.4 is 81.9 Å². The summed E-state index contributed by atoms with van der Waals surface area (Å²) in [6.45, 7) is 11.4. The molecule has 24 heteroatoms. The van der Waals surface area contributed by atoms with Crippen molar-refractivity contribution in [3.63, 3.8) is 0 Å². The number of rotatable bonds is 12. The number of aliphatic carboxylic acids is 2. The molecule has 0 aliphatic carbocycles. The summed E-state index contributed by atoms with van der Waals surface area (Å²) in [4.78, 5) is 22.1. The Kier molecular flexibility index (Phi) is 64.2. The van der Waals surface area contributed by atoms with Crippen molar-refractivity contribution in [3.8, 4) is 0 Å². The second kappa shape index (κ2) is 43.3. The van der Waals surface area contributed by atoms with Crippen LogP contribution >= 0.6 is 0 Å². The Balaban J connectivity index is -0.0000000531. The Hall–Kier alpha value is -0.133. The van der Waals surface area contributed by atoms with E-state index < -0.39 is 32.4 Å². The van der Waals surface area contributed by atoms with Gasteiger partial charge in [-0.05, 0) is 13.8 Å². The molecule has 0 unspecified atom stereocenters. The Labute approximate surface area is 258 Å². The number of hydrogen-bond acceptors (Lipinski definition) is 20. The van der Waals surface area contributed by atoms with E-state index in [1.54, 1.807) is 0 Å². The maximum Gasteiger partial charge on any atom is 2.00 e. The van der Waals surface area contributed by atoms with Gasteiger partial charge in [0.15, 0.2) is 0 Å². The van der Waals surface area contributed by atoms with Gasteiger partial charge in [-0.15, -0.1) is 20.5 Å². The maximum atomic E-state index is 8.89. The molecule has 20 nitrogen and oxygen atoms in total. The smallest absolute Gasteiger partial charge is 0.550 e. The summed E-state index contributed by atoms with van der Waals surface area (Å²) in [5, 5.41) is 17.8. The normalized spacial score (nSPS) is 9.65. The summed E-state index contributed by atoms with van der Waals surface area (Å²) < 4.78 is 67.9. The van der Waals surface area contributed by atoms with Crippen LogP contribution in [0.3, 0.4) is 0 Å². The van der Waals surface area contributed by atoms with Crippen molar-refractivity contribution in [1.29, 1.82) is 0 Å². The molecular weight excluding hydrogens is 685 g/mol. The van der Waals surface area contributed by atoms with Crippen LogP contribution in [-0.4, -0.2) is 100 Å². The quantitative estimate of drug-likeness (QED) is 0.102. The van der Waals surface area contributed by atoms with Crippen molar-refractivity contribution in [2.24, 2.45) is 34.4 Å². The van der Waals surface area contributed by atoms with E-state index in [-0.39, 0.29) is 33.0 Å². The van der Waals surface area contributed by atoms with Gasteiger partial charge in [0.2, 0.25) is 0 Å². The molecule has 0 aromatic carbocycles. The van der Waals surface area contributed by atoms with Crippen LogP contribution in [0.15, 0.2) is 0 Å². The van der Waals surface area contributed by atoms with E-state index in [1.807, 2.05) is 0 Å². The van der Waals surface area contributed by atoms with E-state index in [4.69, 9.17) is 91.5 Å². The Morgan fingerprint density at radius 2 is 0.550 bits per heavy atom. The summed E-state index contributed by atoms with van der Waals surface area (Å²) >= 11 is 0. The van der Waals surface area contributed by atoms with Crippen molar-refractivity contribution in [3.05, 3.63) is 0 Å². The minimum absolute atomic E-state index is 0. The number of carbonyl (C=O) groups is 2. The molecule has 0 amide bonds. The zero-order chi connectivity index (χ0) is 31.8. The molecule has 0 atom stereocenters. The van der Waals surface area contributed by atoms with Gasteiger partial charge in [0, 0.05) is 90.5 Å². The van der Waals surface area contributed by atoms with E-state index in [1.165, 1.54) is 0 Å². The fourth-order valence-corrected chi connectivity index (χ4v) is 1.77. The van der Waals surface area contributed by atoms with Crippen molar-refractivity contribution >= 4 is 11.9 Å². The van der Waals surface area contributed by atoms with Gasteiger partial charge in [0.1, 0.15) is 0 Å². The van der Waals surface area contributed by atoms with E-state index in [9.17, 15) is 0 Å². The molecule has 0 aromatic heterocycles. The molecule has 12 N–H and O–H groups in total. The number of carbonyl (C=O) groups excluding carboxylic acids is 2. The third-order valence-electron chi connectivity index (χ3n) is 2.67. The predicted molar refractivity (Wildman–Crippen MR) is 109 cm³/mol. The average Bonchev–Trinajstić information content (AvgIpc) is 2.66. The summed E-state index contributed by atoms with van der Waals surface area (Å²) in [6.07, 6.45) is 0. The monoisotopic (exact) mass is 724 g/mol. The summed E-state index contributed by atoms with van der Waals surface area (Å²) in [6, 6.07) is 0. The molecule has 0 saturated heterocycles. The number of nitrogens with zero attached hydrogens (tertiary/aromatic N) is 2. The van der Waals surface area contributed by atoms with E-state index in [0.29, 0.717) is 39.3 Å². The Morgan fingerprint density at radius 3 is 0.600 bits per heavy atom. The second-order valence-corrected chi connectivity index (χ2v) is 7.67. The standard InChI is InChI=1S/2C6H18N4.2C2H4O2.2ClHO4.2Ni/c2*7-1-4-10(5-2-8)6-3-9;2*1-2(3)4;2*2-1(3,4)5;;/h2*1-9H2;2*1H3,(H,3,4);2*(H,2,3,4,5);;/q;;;;;;2*+2/p-4. The van der Waals surface area contributed by atoms with E-state index in [0.717, 1.165) is 53.1 Å². The molecule has 0 heterocycles. The van der Waals surface area contributed by atoms with Gasteiger partial charge in [0.05, 0.1) is 0 Å². The van der Waals surface area contributed by atoms with Gasteiger partial charge < -0.3 is 54.2 Å². The molecule has 40 heavy (non-hydrogen) atoms. The first-order valence-corrected chi connectivity index (χ1v) is 12.9. The van der Waals surface area contributed by atoms with Crippen molar-refractivity contribution < 1.29 is 111 Å². The summed E-state index contributed by atoms with van der Waals surface area (Å²) in [5.41, 5.74) is 32.2. The molecule has 0 radical (unpaired) electrons.